The van der Waals surface area contributed by atoms with Crippen molar-refractivity contribution in [3.8, 4) is 5.88 Å². The maximum Gasteiger partial charge on any atom is 0.229 e. The van der Waals surface area contributed by atoms with Crippen molar-refractivity contribution in [3.05, 3.63) is 11.8 Å². The summed E-state index contributed by atoms with van der Waals surface area (Å²) in [5, 5.41) is 0. The second-order valence-electron chi connectivity index (χ2n) is 5.99. The number of anilines is 1. The monoisotopic (exact) mass is 311 g/mol. The fraction of sp³-hybridized carbons (Fsp3) is 0.750. The van der Waals surface area contributed by atoms with E-state index < -0.39 is 0 Å². The van der Waals surface area contributed by atoms with E-state index in [0.717, 1.165) is 18.2 Å². The van der Waals surface area contributed by atoms with Crippen LogP contribution in [0.25, 0.3) is 0 Å². The van der Waals surface area contributed by atoms with Crippen LogP contribution in [0.1, 0.15) is 51.6 Å². The predicted molar refractivity (Wildman–Crippen MR) is 87.5 cm³/mol. The van der Waals surface area contributed by atoms with E-state index in [2.05, 4.69) is 14.9 Å². The minimum Gasteiger partial charge on any atom is -0.475 e. The first-order valence-corrected chi connectivity index (χ1v) is 8.48. The molecule has 0 aliphatic heterocycles. The number of hydrogen-bond acceptors (Lipinski definition) is 4. The van der Waals surface area contributed by atoms with Gasteiger partial charge in [-0.3, -0.25) is 0 Å². The van der Waals surface area contributed by atoms with Crippen molar-refractivity contribution in [2.75, 3.05) is 17.3 Å². The van der Waals surface area contributed by atoms with E-state index in [0.29, 0.717) is 17.8 Å². The van der Waals surface area contributed by atoms with Gasteiger partial charge in [-0.1, -0.05) is 19.3 Å². The molecule has 0 radical (unpaired) electrons. The number of aromatic nitrogens is 2. The van der Waals surface area contributed by atoms with Crippen LogP contribution in [-0.4, -0.2) is 34.5 Å². The van der Waals surface area contributed by atoms with Crippen LogP contribution in [-0.2, 0) is 0 Å². The zero-order valence-electron chi connectivity index (χ0n) is 13.3. The van der Waals surface area contributed by atoms with Gasteiger partial charge in [0.25, 0.3) is 0 Å². The molecule has 1 aliphatic carbocycles. The molecule has 0 atom stereocenters. The Balaban J connectivity index is 2.23. The summed E-state index contributed by atoms with van der Waals surface area (Å²) < 4.78 is 5.74. The Kier molecular flexibility index (Phi) is 6.09. The summed E-state index contributed by atoms with van der Waals surface area (Å²) in [6.45, 7) is 6.79. The van der Waals surface area contributed by atoms with E-state index in [1.54, 1.807) is 0 Å². The highest BCUT2D eigenvalue weighted by Gasteiger charge is 2.23. The first-order chi connectivity index (χ1) is 10.1. The molecule has 0 spiro atoms. The standard InChI is InChI=1S/C16H26ClN3O/c1-12(2)21-15-11-13(3)18-16(19-15)20(10-9-17)14-7-5-4-6-8-14/h11-12,14H,4-10H2,1-3H3. The van der Waals surface area contributed by atoms with Gasteiger partial charge in [-0.25, -0.2) is 4.98 Å². The van der Waals surface area contributed by atoms with Crippen LogP contribution in [0.4, 0.5) is 5.95 Å². The van der Waals surface area contributed by atoms with Gasteiger partial charge in [-0.05, 0) is 33.6 Å². The van der Waals surface area contributed by atoms with Crippen LogP contribution in [0.15, 0.2) is 6.07 Å². The molecule has 118 valence electrons. The number of rotatable bonds is 6. The van der Waals surface area contributed by atoms with Gasteiger partial charge < -0.3 is 9.64 Å². The van der Waals surface area contributed by atoms with Gasteiger partial charge in [0.15, 0.2) is 0 Å². The van der Waals surface area contributed by atoms with Crippen molar-refractivity contribution in [2.24, 2.45) is 0 Å². The summed E-state index contributed by atoms with van der Waals surface area (Å²) in [4.78, 5) is 11.5. The zero-order valence-corrected chi connectivity index (χ0v) is 14.1. The molecule has 0 N–H and O–H groups in total. The molecule has 1 saturated carbocycles. The van der Waals surface area contributed by atoms with E-state index in [1.165, 1.54) is 32.1 Å². The molecular weight excluding hydrogens is 286 g/mol. The van der Waals surface area contributed by atoms with E-state index in [1.807, 2.05) is 26.8 Å². The van der Waals surface area contributed by atoms with Gasteiger partial charge in [-0.15, -0.1) is 11.6 Å². The number of aryl methyl sites for hydroxylation is 1. The minimum atomic E-state index is 0.114. The van der Waals surface area contributed by atoms with Crippen LogP contribution < -0.4 is 9.64 Å². The highest BCUT2D eigenvalue weighted by atomic mass is 35.5. The summed E-state index contributed by atoms with van der Waals surface area (Å²) in [7, 11) is 0. The van der Waals surface area contributed by atoms with Crippen molar-refractivity contribution in [1.29, 1.82) is 0 Å². The topological polar surface area (TPSA) is 38.2 Å². The number of hydrogen-bond donors (Lipinski definition) is 0. The Labute approximate surface area is 132 Å². The summed E-state index contributed by atoms with van der Waals surface area (Å²) in [5.41, 5.74) is 0.936. The van der Waals surface area contributed by atoms with Gasteiger partial charge in [-0.2, -0.15) is 4.98 Å². The Hall–Kier alpha value is -1.03. The molecule has 0 saturated heterocycles. The first-order valence-electron chi connectivity index (χ1n) is 7.95. The van der Waals surface area contributed by atoms with Gasteiger partial charge in [0, 0.05) is 30.2 Å². The number of nitrogens with zero attached hydrogens (tertiary/aromatic N) is 3. The molecule has 1 aromatic heterocycles. The van der Waals surface area contributed by atoms with Crippen LogP contribution in [0.3, 0.4) is 0 Å². The lowest BCUT2D eigenvalue weighted by Crippen LogP contribution is -2.39. The number of alkyl halides is 1. The third kappa shape index (κ3) is 4.73. The molecule has 1 fully saturated rings. The summed E-state index contributed by atoms with van der Waals surface area (Å²) >= 11 is 6.00. The SMILES string of the molecule is Cc1cc(OC(C)C)nc(N(CCCl)C2CCCCC2)n1. The molecule has 4 nitrogen and oxygen atoms in total. The highest BCUT2D eigenvalue weighted by molar-refractivity contribution is 6.18. The largest absolute Gasteiger partial charge is 0.475 e. The molecule has 21 heavy (non-hydrogen) atoms. The first kappa shape index (κ1) is 16.3. The second kappa shape index (κ2) is 7.83. The minimum absolute atomic E-state index is 0.114. The van der Waals surface area contributed by atoms with Gasteiger partial charge >= 0.3 is 0 Å². The molecule has 0 bridgehead atoms. The lowest BCUT2D eigenvalue weighted by molar-refractivity contribution is 0.232. The lowest BCUT2D eigenvalue weighted by Gasteiger charge is -2.34. The Morgan fingerprint density at radius 3 is 2.62 bits per heavy atom. The van der Waals surface area contributed by atoms with E-state index in [4.69, 9.17) is 16.3 Å². The van der Waals surface area contributed by atoms with Crippen molar-refractivity contribution in [1.82, 2.24) is 9.97 Å². The lowest BCUT2D eigenvalue weighted by atomic mass is 9.94. The third-order valence-corrected chi connectivity index (χ3v) is 3.94. The third-order valence-electron chi connectivity index (χ3n) is 3.77. The number of ether oxygens (including phenoxy) is 1. The van der Waals surface area contributed by atoms with Crippen LogP contribution in [0.2, 0.25) is 0 Å². The predicted octanol–water partition coefficient (Wildman–Crippen LogP) is 3.95. The summed E-state index contributed by atoms with van der Waals surface area (Å²) in [6.07, 6.45) is 6.42. The van der Waals surface area contributed by atoms with E-state index >= 15 is 0 Å². The highest BCUT2D eigenvalue weighted by Crippen LogP contribution is 2.26. The summed E-state index contributed by atoms with van der Waals surface area (Å²) in [5.74, 6) is 2.01. The smallest absolute Gasteiger partial charge is 0.229 e. The van der Waals surface area contributed by atoms with Gasteiger partial charge in [0.2, 0.25) is 11.8 Å². The van der Waals surface area contributed by atoms with Gasteiger partial charge in [0.1, 0.15) is 0 Å². The van der Waals surface area contributed by atoms with Crippen LogP contribution >= 0.6 is 11.6 Å². The van der Waals surface area contributed by atoms with Crippen molar-refractivity contribution in [3.63, 3.8) is 0 Å². The molecular formula is C16H26ClN3O. The maximum absolute atomic E-state index is 6.00. The Morgan fingerprint density at radius 2 is 2.00 bits per heavy atom. The van der Waals surface area contributed by atoms with Crippen molar-refractivity contribution < 1.29 is 4.74 Å². The fourth-order valence-electron chi connectivity index (χ4n) is 2.88. The Morgan fingerprint density at radius 1 is 1.29 bits per heavy atom. The van der Waals surface area contributed by atoms with E-state index in [9.17, 15) is 0 Å². The van der Waals surface area contributed by atoms with Crippen molar-refractivity contribution >= 4 is 17.5 Å². The molecule has 1 aromatic rings. The normalized spacial score (nSPS) is 16.2. The molecule has 1 aliphatic rings. The van der Waals surface area contributed by atoms with Crippen LogP contribution in [0, 0.1) is 6.92 Å². The molecule has 2 rings (SSSR count). The fourth-order valence-corrected chi connectivity index (χ4v) is 3.07. The number of halogens is 1. The quantitative estimate of drug-likeness (QED) is 0.746. The second-order valence-corrected chi connectivity index (χ2v) is 6.37. The molecule has 0 aromatic carbocycles. The van der Waals surface area contributed by atoms with Gasteiger partial charge in [0.05, 0.1) is 6.10 Å². The average Bonchev–Trinajstić information content (AvgIpc) is 2.44. The van der Waals surface area contributed by atoms with Crippen molar-refractivity contribution in [2.45, 2.75) is 65.0 Å². The molecule has 0 amide bonds. The summed E-state index contributed by atoms with van der Waals surface area (Å²) in [6, 6.07) is 2.40. The molecule has 1 heterocycles. The van der Waals surface area contributed by atoms with Crippen LogP contribution in [0.5, 0.6) is 5.88 Å². The molecule has 5 heteroatoms. The Bertz CT molecular complexity index is 447. The maximum atomic E-state index is 6.00. The molecule has 0 unspecified atom stereocenters. The average molecular weight is 312 g/mol. The zero-order chi connectivity index (χ0) is 15.2. The van der Waals surface area contributed by atoms with E-state index in [-0.39, 0.29) is 6.10 Å².